The normalized spacial score (nSPS) is 18.2. The van der Waals surface area contributed by atoms with Crippen LogP contribution >= 0.6 is 0 Å². The van der Waals surface area contributed by atoms with Crippen LogP contribution in [0.25, 0.3) is 11.3 Å². The average molecular weight is 465 g/mol. The van der Waals surface area contributed by atoms with Crippen LogP contribution in [0.4, 0.5) is 0 Å². The minimum Gasteiger partial charge on any atom is -0.493 e. The Morgan fingerprint density at radius 1 is 0.706 bits per heavy atom. The summed E-state index contributed by atoms with van der Waals surface area (Å²) in [7, 11) is 0. The summed E-state index contributed by atoms with van der Waals surface area (Å²) in [5, 5.41) is 0. The van der Waals surface area contributed by atoms with Gasteiger partial charge in [-0.25, -0.2) is 0 Å². The van der Waals surface area contributed by atoms with E-state index in [4.69, 9.17) is 4.74 Å². The van der Waals surface area contributed by atoms with E-state index < -0.39 is 0 Å². The molecule has 1 heterocycles. The van der Waals surface area contributed by atoms with Gasteiger partial charge in [0.15, 0.2) is 0 Å². The summed E-state index contributed by atoms with van der Waals surface area (Å²) in [5.41, 5.74) is 3.15. The first-order chi connectivity index (χ1) is 16.8. The number of hydrogen-bond acceptors (Lipinski definition) is 3. The van der Waals surface area contributed by atoms with Crippen molar-refractivity contribution in [3.63, 3.8) is 0 Å². The second kappa shape index (κ2) is 15.9. The molecule has 0 amide bonds. The Labute approximate surface area is 209 Å². The van der Waals surface area contributed by atoms with Gasteiger partial charge in [0.05, 0.1) is 24.2 Å². The molecule has 1 aliphatic rings. The third-order valence-corrected chi connectivity index (χ3v) is 7.56. The highest BCUT2D eigenvalue weighted by molar-refractivity contribution is 5.58. The van der Waals surface area contributed by atoms with Gasteiger partial charge in [0.1, 0.15) is 5.75 Å². The third-order valence-electron chi connectivity index (χ3n) is 7.56. The number of nitrogens with zero attached hydrogens (tertiary/aromatic N) is 2. The standard InChI is InChI=1S/C31H48N2O/c1-3-5-7-9-11-13-26-15-17-27(18-16-26)25-34-30-21-19-28(20-22-30)31-24-32-29(23-33-31)14-12-10-8-6-4-2/h19-24,26-27H,3-18,25H2,1-2H3. The number of aryl methyl sites for hydroxylation is 1. The Bertz CT molecular complexity index is 763. The first-order valence-corrected chi connectivity index (χ1v) is 14.3. The van der Waals surface area contributed by atoms with Crippen molar-refractivity contribution in [3.8, 4) is 17.0 Å². The average Bonchev–Trinajstić information content (AvgIpc) is 2.89. The molecule has 34 heavy (non-hydrogen) atoms. The van der Waals surface area contributed by atoms with E-state index in [0.29, 0.717) is 0 Å². The molecule has 2 aromatic rings. The number of aromatic nitrogens is 2. The van der Waals surface area contributed by atoms with Gasteiger partial charge in [0, 0.05) is 11.8 Å². The monoisotopic (exact) mass is 464 g/mol. The van der Waals surface area contributed by atoms with Crippen molar-refractivity contribution in [2.45, 2.75) is 117 Å². The number of rotatable bonds is 16. The fraction of sp³-hybridized carbons (Fsp3) is 0.677. The van der Waals surface area contributed by atoms with Crippen LogP contribution in [0, 0.1) is 11.8 Å². The van der Waals surface area contributed by atoms with Gasteiger partial charge in [0.25, 0.3) is 0 Å². The van der Waals surface area contributed by atoms with E-state index in [9.17, 15) is 0 Å². The van der Waals surface area contributed by atoms with Crippen molar-refractivity contribution in [3.05, 3.63) is 42.4 Å². The summed E-state index contributed by atoms with van der Waals surface area (Å²) in [4.78, 5) is 9.29. The van der Waals surface area contributed by atoms with E-state index in [1.165, 1.54) is 96.3 Å². The molecule has 0 atom stereocenters. The molecule has 3 nitrogen and oxygen atoms in total. The van der Waals surface area contributed by atoms with E-state index in [1.54, 1.807) is 0 Å². The minimum atomic E-state index is 0.719. The summed E-state index contributed by atoms with van der Waals surface area (Å²) >= 11 is 0. The van der Waals surface area contributed by atoms with Crippen molar-refractivity contribution in [2.75, 3.05) is 6.61 Å². The highest BCUT2D eigenvalue weighted by Gasteiger charge is 2.21. The Balaban J connectivity index is 1.33. The highest BCUT2D eigenvalue weighted by Crippen LogP contribution is 2.32. The Morgan fingerprint density at radius 3 is 2.00 bits per heavy atom. The van der Waals surface area contributed by atoms with Gasteiger partial charge in [-0.2, -0.15) is 0 Å². The molecule has 1 aliphatic carbocycles. The van der Waals surface area contributed by atoms with Crippen molar-refractivity contribution in [1.29, 1.82) is 0 Å². The summed E-state index contributed by atoms with van der Waals surface area (Å²) in [6.07, 6.45) is 25.3. The first kappa shape index (κ1) is 26.7. The van der Waals surface area contributed by atoms with E-state index in [-0.39, 0.29) is 0 Å². The van der Waals surface area contributed by atoms with Gasteiger partial charge in [-0.05, 0) is 61.8 Å². The van der Waals surface area contributed by atoms with Gasteiger partial charge in [0.2, 0.25) is 0 Å². The number of hydrogen-bond donors (Lipinski definition) is 0. The number of unbranched alkanes of at least 4 members (excludes halogenated alkanes) is 8. The number of benzene rings is 1. The Kier molecular flexibility index (Phi) is 12.5. The van der Waals surface area contributed by atoms with E-state index >= 15 is 0 Å². The largest absolute Gasteiger partial charge is 0.493 e. The maximum Gasteiger partial charge on any atom is 0.119 e. The Hall–Kier alpha value is -1.90. The zero-order valence-corrected chi connectivity index (χ0v) is 21.9. The molecule has 0 saturated heterocycles. The molecular formula is C31H48N2O. The van der Waals surface area contributed by atoms with Crippen LogP contribution in [0.5, 0.6) is 5.75 Å². The molecule has 0 spiro atoms. The van der Waals surface area contributed by atoms with Crippen molar-refractivity contribution in [1.82, 2.24) is 9.97 Å². The molecule has 188 valence electrons. The zero-order chi connectivity index (χ0) is 23.8. The second-order valence-corrected chi connectivity index (χ2v) is 10.5. The summed E-state index contributed by atoms with van der Waals surface area (Å²) in [5.74, 6) is 2.65. The number of ether oxygens (including phenoxy) is 1. The lowest BCUT2D eigenvalue weighted by Crippen LogP contribution is -2.20. The van der Waals surface area contributed by atoms with Gasteiger partial charge in [-0.3, -0.25) is 9.97 Å². The smallest absolute Gasteiger partial charge is 0.119 e. The molecule has 1 saturated carbocycles. The predicted octanol–water partition coefficient (Wildman–Crippen LogP) is 9.20. The fourth-order valence-electron chi connectivity index (χ4n) is 5.20. The maximum atomic E-state index is 6.15. The molecule has 3 rings (SSSR count). The van der Waals surface area contributed by atoms with Crippen LogP contribution < -0.4 is 4.74 Å². The molecule has 0 aliphatic heterocycles. The first-order valence-electron chi connectivity index (χ1n) is 14.3. The summed E-state index contributed by atoms with van der Waals surface area (Å²) in [6, 6.07) is 8.39. The van der Waals surface area contributed by atoms with Crippen molar-refractivity contribution < 1.29 is 4.74 Å². The Morgan fingerprint density at radius 2 is 1.35 bits per heavy atom. The molecule has 3 heteroatoms. The van der Waals surface area contributed by atoms with Crippen LogP contribution in [0.2, 0.25) is 0 Å². The SMILES string of the molecule is CCCCCCCc1cnc(-c2ccc(OCC3CCC(CCCCCCC)CC3)cc2)cn1. The van der Waals surface area contributed by atoms with Crippen LogP contribution in [0.15, 0.2) is 36.7 Å². The maximum absolute atomic E-state index is 6.15. The summed E-state index contributed by atoms with van der Waals surface area (Å²) < 4.78 is 6.15. The predicted molar refractivity (Wildman–Crippen MR) is 144 cm³/mol. The van der Waals surface area contributed by atoms with Gasteiger partial charge < -0.3 is 4.74 Å². The third kappa shape index (κ3) is 9.76. The topological polar surface area (TPSA) is 35.0 Å². The van der Waals surface area contributed by atoms with Crippen LogP contribution in [0.3, 0.4) is 0 Å². The lowest BCUT2D eigenvalue weighted by molar-refractivity contribution is 0.177. The quantitative estimate of drug-likeness (QED) is 0.232. The molecule has 0 bridgehead atoms. The van der Waals surface area contributed by atoms with Gasteiger partial charge >= 0.3 is 0 Å². The van der Waals surface area contributed by atoms with E-state index in [0.717, 1.165) is 47.6 Å². The minimum absolute atomic E-state index is 0.719. The molecule has 0 N–H and O–H groups in total. The molecule has 1 aromatic carbocycles. The summed E-state index contributed by atoms with van der Waals surface area (Å²) in [6.45, 7) is 5.40. The van der Waals surface area contributed by atoms with Crippen LogP contribution in [-0.2, 0) is 6.42 Å². The lowest BCUT2D eigenvalue weighted by Gasteiger charge is -2.28. The van der Waals surface area contributed by atoms with Crippen molar-refractivity contribution in [2.24, 2.45) is 11.8 Å². The van der Waals surface area contributed by atoms with Gasteiger partial charge in [-0.15, -0.1) is 0 Å². The lowest BCUT2D eigenvalue weighted by atomic mass is 9.80. The fourth-order valence-corrected chi connectivity index (χ4v) is 5.20. The van der Waals surface area contributed by atoms with Crippen LogP contribution in [-0.4, -0.2) is 16.6 Å². The van der Waals surface area contributed by atoms with Gasteiger partial charge in [-0.1, -0.05) is 90.9 Å². The van der Waals surface area contributed by atoms with Crippen LogP contribution in [0.1, 0.15) is 116 Å². The molecule has 1 fully saturated rings. The zero-order valence-electron chi connectivity index (χ0n) is 21.9. The van der Waals surface area contributed by atoms with E-state index in [1.807, 2.05) is 12.4 Å². The molecule has 1 aromatic heterocycles. The second-order valence-electron chi connectivity index (χ2n) is 10.5. The van der Waals surface area contributed by atoms with Crippen molar-refractivity contribution >= 4 is 0 Å². The van der Waals surface area contributed by atoms with E-state index in [2.05, 4.69) is 48.1 Å². The molecule has 0 unspecified atom stereocenters. The highest BCUT2D eigenvalue weighted by atomic mass is 16.5. The molecular weight excluding hydrogens is 416 g/mol. The molecule has 0 radical (unpaired) electrons.